The van der Waals surface area contributed by atoms with Gasteiger partial charge in [-0.1, -0.05) is 30.3 Å². The summed E-state index contributed by atoms with van der Waals surface area (Å²) < 4.78 is 42.9. The van der Waals surface area contributed by atoms with E-state index >= 15 is 0 Å². The zero-order valence-corrected chi connectivity index (χ0v) is 13.9. The molecule has 0 bridgehead atoms. The zero-order valence-electron chi connectivity index (χ0n) is 13.9. The van der Waals surface area contributed by atoms with Gasteiger partial charge in [0.1, 0.15) is 12.8 Å². The molecule has 0 unspecified atom stereocenters. The number of aromatic nitrogens is 1. The Morgan fingerprint density at radius 2 is 1.50 bits per heavy atom. The van der Waals surface area contributed by atoms with Crippen LogP contribution in [0.4, 0.5) is 13.2 Å². The quantitative estimate of drug-likeness (QED) is 0.348. The number of ether oxygens (including phenoxy) is 1. The molecule has 1 aromatic heterocycles. The monoisotopic (exact) mass is 354 g/mol. The van der Waals surface area contributed by atoms with Crippen molar-refractivity contribution in [3.8, 4) is 16.9 Å². The molecule has 0 fully saturated rings. The van der Waals surface area contributed by atoms with Crippen LogP contribution < -0.4 is 9.30 Å². The Kier molecular flexibility index (Phi) is 3.80. The fraction of sp³-hybridized carbons (Fsp3) is 0.0952. The Balaban J connectivity index is 1.81. The highest BCUT2D eigenvalue weighted by Crippen LogP contribution is 2.30. The Bertz CT molecular complexity index is 1100. The highest BCUT2D eigenvalue weighted by molar-refractivity contribution is 6.05. The van der Waals surface area contributed by atoms with Crippen LogP contribution in [0.5, 0.6) is 5.75 Å². The first kappa shape index (κ1) is 16.4. The van der Waals surface area contributed by atoms with Gasteiger partial charge in [0.25, 0.3) is 0 Å². The normalized spacial score (nSPS) is 11.8. The molecule has 26 heavy (non-hydrogen) atoms. The molecule has 0 saturated carbocycles. The van der Waals surface area contributed by atoms with E-state index in [1.165, 1.54) is 12.1 Å². The molecule has 130 valence electrons. The molecule has 4 aromatic rings. The van der Waals surface area contributed by atoms with Crippen molar-refractivity contribution < 1.29 is 22.5 Å². The van der Waals surface area contributed by atoms with Crippen molar-refractivity contribution in [1.82, 2.24) is 0 Å². The third-order valence-electron chi connectivity index (χ3n) is 4.38. The van der Waals surface area contributed by atoms with Crippen molar-refractivity contribution in [2.45, 2.75) is 6.36 Å². The predicted octanol–water partition coefficient (Wildman–Crippen LogP) is 5.38. The maximum atomic E-state index is 12.3. The standard InChI is InChI=1S/C21H15F3NO/c1-25-13-16-4-2-3-5-18(16)19-12-15(8-11-20(19)25)14-6-9-17(10-7-14)26-21(22,23)24/h2-13H,1H3/q+1. The average Bonchev–Trinajstić information content (AvgIpc) is 2.61. The van der Waals surface area contributed by atoms with Crippen LogP contribution in [0.25, 0.3) is 32.8 Å². The summed E-state index contributed by atoms with van der Waals surface area (Å²) in [6.07, 6.45) is -2.60. The van der Waals surface area contributed by atoms with Gasteiger partial charge < -0.3 is 4.74 Å². The molecule has 0 N–H and O–H groups in total. The van der Waals surface area contributed by atoms with Gasteiger partial charge in [-0.2, -0.15) is 0 Å². The third kappa shape index (κ3) is 3.08. The van der Waals surface area contributed by atoms with Gasteiger partial charge in [0.2, 0.25) is 5.52 Å². The van der Waals surface area contributed by atoms with Crippen LogP contribution >= 0.6 is 0 Å². The molecule has 0 atom stereocenters. The first-order valence-corrected chi connectivity index (χ1v) is 8.08. The molecule has 0 aliphatic rings. The van der Waals surface area contributed by atoms with Gasteiger partial charge >= 0.3 is 6.36 Å². The highest BCUT2D eigenvalue weighted by Gasteiger charge is 2.30. The SMILES string of the molecule is C[n+]1cc2ccccc2c2cc(-c3ccc(OC(F)(F)F)cc3)ccc21. The summed E-state index contributed by atoms with van der Waals surface area (Å²) in [7, 11) is 2.00. The number of halogens is 3. The smallest absolute Gasteiger partial charge is 0.406 e. The number of aryl methyl sites for hydroxylation is 1. The Morgan fingerprint density at radius 3 is 2.23 bits per heavy atom. The van der Waals surface area contributed by atoms with E-state index < -0.39 is 6.36 Å². The first-order valence-electron chi connectivity index (χ1n) is 8.08. The minimum Gasteiger partial charge on any atom is -0.406 e. The van der Waals surface area contributed by atoms with Crippen molar-refractivity contribution >= 4 is 21.7 Å². The minimum atomic E-state index is -4.68. The van der Waals surface area contributed by atoms with E-state index in [9.17, 15) is 13.2 Å². The fourth-order valence-electron chi connectivity index (χ4n) is 3.22. The molecule has 0 spiro atoms. The molecule has 2 nitrogen and oxygen atoms in total. The Hall–Kier alpha value is -3.08. The molecule has 0 aliphatic carbocycles. The summed E-state index contributed by atoms with van der Waals surface area (Å²) in [5.74, 6) is -0.223. The summed E-state index contributed by atoms with van der Waals surface area (Å²) in [5, 5.41) is 3.37. The van der Waals surface area contributed by atoms with E-state index in [0.29, 0.717) is 0 Å². The number of fused-ring (bicyclic) bond motifs is 3. The predicted molar refractivity (Wildman–Crippen MR) is 94.7 cm³/mol. The molecule has 0 radical (unpaired) electrons. The molecule has 5 heteroatoms. The van der Waals surface area contributed by atoms with Crippen LogP contribution in [0, 0.1) is 0 Å². The van der Waals surface area contributed by atoms with Gasteiger partial charge in [0.05, 0.1) is 5.39 Å². The van der Waals surface area contributed by atoms with Crippen LogP contribution in [0.15, 0.2) is 72.9 Å². The summed E-state index contributed by atoms with van der Waals surface area (Å²) in [4.78, 5) is 0. The lowest BCUT2D eigenvalue weighted by Crippen LogP contribution is -2.28. The van der Waals surface area contributed by atoms with E-state index in [1.807, 2.05) is 31.3 Å². The van der Waals surface area contributed by atoms with E-state index in [0.717, 1.165) is 32.8 Å². The van der Waals surface area contributed by atoms with Crippen LogP contribution in [-0.4, -0.2) is 6.36 Å². The lowest BCUT2D eigenvalue weighted by Gasteiger charge is -2.10. The zero-order chi connectivity index (χ0) is 18.3. The molecule has 0 saturated heterocycles. The number of hydrogen-bond donors (Lipinski definition) is 0. The Labute approximate surface area is 148 Å². The minimum absolute atomic E-state index is 0.223. The maximum absolute atomic E-state index is 12.3. The van der Waals surface area contributed by atoms with Crippen LogP contribution in [0.2, 0.25) is 0 Å². The highest BCUT2D eigenvalue weighted by atomic mass is 19.4. The second kappa shape index (κ2) is 6.02. The molecular formula is C21H15F3NO+. The maximum Gasteiger partial charge on any atom is 0.573 e. The van der Waals surface area contributed by atoms with E-state index in [2.05, 4.69) is 33.7 Å². The summed E-state index contributed by atoms with van der Waals surface area (Å²) >= 11 is 0. The lowest BCUT2D eigenvalue weighted by molar-refractivity contribution is -0.643. The van der Waals surface area contributed by atoms with Gasteiger partial charge in [-0.25, -0.2) is 4.57 Å². The van der Waals surface area contributed by atoms with Crippen molar-refractivity contribution in [2.24, 2.45) is 7.05 Å². The average molecular weight is 354 g/mol. The van der Waals surface area contributed by atoms with Gasteiger partial charge in [-0.15, -0.1) is 13.2 Å². The number of benzene rings is 3. The second-order valence-corrected chi connectivity index (χ2v) is 6.13. The molecule has 0 amide bonds. The van der Waals surface area contributed by atoms with E-state index in [4.69, 9.17) is 0 Å². The van der Waals surface area contributed by atoms with Crippen LogP contribution in [0.1, 0.15) is 0 Å². The van der Waals surface area contributed by atoms with E-state index in [1.54, 1.807) is 12.1 Å². The molecule has 3 aromatic carbocycles. The number of rotatable bonds is 2. The third-order valence-corrected chi connectivity index (χ3v) is 4.38. The largest absolute Gasteiger partial charge is 0.573 e. The summed E-state index contributed by atoms with van der Waals surface area (Å²) in [5.41, 5.74) is 2.86. The summed E-state index contributed by atoms with van der Waals surface area (Å²) in [6, 6.07) is 20.1. The number of nitrogens with zero attached hydrogens (tertiary/aromatic N) is 1. The second-order valence-electron chi connectivity index (χ2n) is 6.13. The van der Waals surface area contributed by atoms with Gasteiger partial charge in [-0.3, -0.25) is 0 Å². The van der Waals surface area contributed by atoms with Crippen LogP contribution in [-0.2, 0) is 7.05 Å². The first-order chi connectivity index (χ1) is 12.4. The van der Waals surface area contributed by atoms with Gasteiger partial charge in [-0.05, 0) is 41.5 Å². The molecule has 1 heterocycles. The fourth-order valence-corrected chi connectivity index (χ4v) is 3.22. The molecule has 4 rings (SSSR count). The van der Waals surface area contributed by atoms with Crippen molar-refractivity contribution in [3.63, 3.8) is 0 Å². The molecule has 0 aliphatic heterocycles. The number of hydrogen-bond acceptors (Lipinski definition) is 1. The number of pyridine rings is 1. The Morgan fingerprint density at radius 1 is 0.808 bits per heavy atom. The van der Waals surface area contributed by atoms with Gasteiger partial charge in [0.15, 0.2) is 6.20 Å². The van der Waals surface area contributed by atoms with Crippen molar-refractivity contribution in [2.75, 3.05) is 0 Å². The lowest BCUT2D eigenvalue weighted by atomic mass is 10.00. The van der Waals surface area contributed by atoms with Gasteiger partial charge in [0, 0.05) is 16.8 Å². The van der Waals surface area contributed by atoms with Crippen molar-refractivity contribution in [1.29, 1.82) is 0 Å². The van der Waals surface area contributed by atoms with Crippen LogP contribution in [0.3, 0.4) is 0 Å². The summed E-state index contributed by atoms with van der Waals surface area (Å²) in [6.45, 7) is 0. The molecular weight excluding hydrogens is 339 g/mol. The van der Waals surface area contributed by atoms with E-state index in [-0.39, 0.29) is 5.75 Å². The number of alkyl halides is 3. The topological polar surface area (TPSA) is 13.1 Å². The van der Waals surface area contributed by atoms with Crippen molar-refractivity contribution in [3.05, 3.63) is 72.9 Å².